The van der Waals surface area contributed by atoms with E-state index in [-0.39, 0.29) is 30.8 Å². The Hall–Kier alpha value is -0.490. The lowest BCUT2D eigenvalue weighted by molar-refractivity contribution is -0.201. The van der Waals surface area contributed by atoms with Gasteiger partial charge < -0.3 is 10.2 Å². The molecule has 3 rings (SSSR count). The second-order valence-corrected chi connectivity index (χ2v) is 6.75. The minimum Gasteiger partial charge on any atom is -0.341 e. The van der Waals surface area contributed by atoms with Crippen molar-refractivity contribution in [2.75, 3.05) is 13.1 Å². The Kier molecular flexibility index (Phi) is 5.64. The SMILES string of the molecule is Cl.O=C(C1CCCCC1C(F)(F)F)N1CCC2CCC(C1)N2. The van der Waals surface area contributed by atoms with Crippen molar-refractivity contribution in [2.45, 2.75) is 63.2 Å². The summed E-state index contributed by atoms with van der Waals surface area (Å²) in [5, 5.41) is 3.47. The van der Waals surface area contributed by atoms with E-state index in [1.165, 1.54) is 0 Å². The van der Waals surface area contributed by atoms with Crippen LogP contribution in [0.2, 0.25) is 0 Å². The molecule has 128 valence electrons. The second-order valence-electron chi connectivity index (χ2n) is 6.75. The van der Waals surface area contributed by atoms with Gasteiger partial charge in [0.15, 0.2) is 0 Å². The van der Waals surface area contributed by atoms with E-state index < -0.39 is 18.0 Å². The van der Waals surface area contributed by atoms with Crippen molar-refractivity contribution in [1.82, 2.24) is 10.2 Å². The lowest BCUT2D eigenvalue weighted by Crippen LogP contribution is -2.47. The standard InChI is InChI=1S/C15H23F3N2O.ClH/c16-15(17,18)13-4-2-1-3-12(13)14(21)20-8-7-10-5-6-11(9-20)19-10;/h10-13,19H,1-9H2;1H. The Morgan fingerprint density at radius 3 is 2.41 bits per heavy atom. The lowest BCUT2D eigenvalue weighted by Gasteiger charge is -2.36. The lowest BCUT2D eigenvalue weighted by atomic mass is 9.78. The molecule has 3 fully saturated rings. The Balaban J connectivity index is 0.00000176. The zero-order valence-corrected chi connectivity index (χ0v) is 13.4. The summed E-state index contributed by atoms with van der Waals surface area (Å²) >= 11 is 0. The molecule has 4 atom stereocenters. The first-order valence-corrected chi connectivity index (χ1v) is 8.06. The van der Waals surface area contributed by atoms with E-state index in [0.717, 1.165) is 25.7 Å². The van der Waals surface area contributed by atoms with E-state index in [9.17, 15) is 18.0 Å². The molecule has 0 spiro atoms. The molecule has 22 heavy (non-hydrogen) atoms. The van der Waals surface area contributed by atoms with E-state index >= 15 is 0 Å². The van der Waals surface area contributed by atoms with Gasteiger partial charge >= 0.3 is 6.18 Å². The van der Waals surface area contributed by atoms with Crippen molar-refractivity contribution in [3.05, 3.63) is 0 Å². The number of nitrogens with zero attached hydrogens (tertiary/aromatic N) is 1. The molecule has 1 amide bonds. The molecule has 7 heteroatoms. The number of carbonyl (C=O) groups excluding carboxylic acids is 1. The van der Waals surface area contributed by atoms with Crippen LogP contribution in [0.25, 0.3) is 0 Å². The number of rotatable bonds is 1. The van der Waals surface area contributed by atoms with Gasteiger partial charge in [-0.05, 0) is 32.1 Å². The quantitative estimate of drug-likeness (QED) is 0.795. The van der Waals surface area contributed by atoms with Gasteiger partial charge in [-0.25, -0.2) is 0 Å². The van der Waals surface area contributed by atoms with Crippen molar-refractivity contribution in [3.63, 3.8) is 0 Å². The largest absolute Gasteiger partial charge is 0.392 e. The molecule has 3 aliphatic rings. The maximum absolute atomic E-state index is 13.2. The predicted octanol–water partition coefficient (Wildman–Crippen LogP) is 3.13. The number of amides is 1. The zero-order valence-electron chi connectivity index (χ0n) is 12.6. The molecule has 2 aliphatic heterocycles. The first kappa shape index (κ1) is 17.9. The highest BCUT2D eigenvalue weighted by atomic mass is 35.5. The van der Waals surface area contributed by atoms with E-state index in [0.29, 0.717) is 32.0 Å². The molecule has 0 aromatic carbocycles. The van der Waals surface area contributed by atoms with Crippen LogP contribution in [-0.2, 0) is 4.79 Å². The fraction of sp³-hybridized carbons (Fsp3) is 0.933. The Labute approximate surface area is 135 Å². The van der Waals surface area contributed by atoms with Crippen molar-refractivity contribution in [3.8, 4) is 0 Å². The van der Waals surface area contributed by atoms with Crippen LogP contribution in [-0.4, -0.2) is 42.2 Å². The van der Waals surface area contributed by atoms with Gasteiger partial charge in [0.2, 0.25) is 5.91 Å². The van der Waals surface area contributed by atoms with Gasteiger partial charge in [-0.15, -0.1) is 12.4 Å². The summed E-state index contributed by atoms with van der Waals surface area (Å²) in [5.74, 6) is -2.55. The molecule has 4 unspecified atom stereocenters. The van der Waals surface area contributed by atoms with Gasteiger partial charge in [0.1, 0.15) is 0 Å². The van der Waals surface area contributed by atoms with E-state index in [1.807, 2.05) is 0 Å². The Bertz CT molecular complexity index is 405. The third-order valence-corrected chi connectivity index (χ3v) is 5.34. The third-order valence-electron chi connectivity index (χ3n) is 5.34. The highest BCUT2D eigenvalue weighted by Crippen LogP contribution is 2.42. The number of likely N-dealkylation sites (tertiary alicyclic amines) is 1. The number of fused-ring (bicyclic) bond motifs is 2. The minimum atomic E-state index is -4.25. The number of hydrogen-bond acceptors (Lipinski definition) is 2. The molecular weight excluding hydrogens is 317 g/mol. The normalized spacial score (nSPS) is 35.7. The van der Waals surface area contributed by atoms with Crippen LogP contribution in [0.4, 0.5) is 13.2 Å². The zero-order chi connectivity index (χ0) is 15.0. The maximum atomic E-state index is 13.2. The summed E-state index contributed by atoms with van der Waals surface area (Å²) in [5.41, 5.74) is 0. The molecule has 2 saturated heterocycles. The van der Waals surface area contributed by atoms with Crippen molar-refractivity contribution >= 4 is 18.3 Å². The molecule has 0 aromatic heterocycles. The minimum absolute atomic E-state index is 0. The van der Waals surface area contributed by atoms with E-state index in [1.54, 1.807) is 4.90 Å². The Morgan fingerprint density at radius 2 is 1.68 bits per heavy atom. The number of alkyl halides is 3. The predicted molar refractivity (Wildman–Crippen MR) is 79.9 cm³/mol. The molecule has 0 aromatic rings. The number of carbonyl (C=O) groups is 1. The van der Waals surface area contributed by atoms with Gasteiger partial charge in [-0.2, -0.15) is 13.2 Å². The molecule has 2 bridgehead atoms. The number of halogens is 4. The van der Waals surface area contributed by atoms with Crippen LogP contribution >= 0.6 is 12.4 Å². The fourth-order valence-corrected chi connectivity index (χ4v) is 4.20. The van der Waals surface area contributed by atoms with Gasteiger partial charge in [-0.3, -0.25) is 4.79 Å². The van der Waals surface area contributed by atoms with Crippen molar-refractivity contribution in [2.24, 2.45) is 11.8 Å². The van der Waals surface area contributed by atoms with Crippen LogP contribution < -0.4 is 5.32 Å². The van der Waals surface area contributed by atoms with Crippen LogP contribution in [0.3, 0.4) is 0 Å². The molecule has 0 radical (unpaired) electrons. The summed E-state index contributed by atoms with van der Waals surface area (Å²) in [4.78, 5) is 14.3. The topological polar surface area (TPSA) is 32.3 Å². The first-order valence-electron chi connectivity index (χ1n) is 8.06. The second kappa shape index (κ2) is 6.95. The van der Waals surface area contributed by atoms with E-state index in [4.69, 9.17) is 0 Å². The van der Waals surface area contributed by atoms with Gasteiger partial charge in [0, 0.05) is 31.1 Å². The molecule has 2 heterocycles. The van der Waals surface area contributed by atoms with Gasteiger partial charge in [0.05, 0.1) is 5.92 Å². The van der Waals surface area contributed by atoms with Crippen molar-refractivity contribution in [1.29, 1.82) is 0 Å². The summed E-state index contributed by atoms with van der Waals surface area (Å²) in [6, 6.07) is 0.715. The molecular formula is C15H24ClF3N2O. The fourth-order valence-electron chi connectivity index (χ4n) is 4.20. The summed E-state index contributed by atoms with van der Waals surface area (Å²) in [6.45, 7) is 1.19. The average Bonchev–Trinajstić information content (AvgIpc) is 2.77. The van der Waals surface area contributed by atoms with Crippen LogP contribution in [0.15, 0.2) is 0 Å². The van der Waals surface area contributed by atoms with E-state index in [2.05, 4.69) is 5.32 Å². The van der Waals surface area contributed by atoms with Gasteiger partial charge in [0.25, 0.3) is 0 Å². The smallest absolute Gasteiger partial charge is 0.341 e. The highest BCUT2D eigenvalue weighted by Gasteiger charge is 2.49. The third kappa shape index (κ3) is 3.70. The molecule has 1 saturated carbocycles. The molecule has 1 N–H and O–H groups in total. The molecule has 3 nitrogen and oxygen atoms in total. The Morgan fingerprint density at radius 1 is 1.00 bits per heavy atom. The number of nitrogens with one attached hydrogen (secondary N) is 1. The number of hydrogen-bond donors (Lipinski definition) is 1. The van der Waals surface area contributed by atoms with Gasteiger partial charge in [-0.1, -0.05) is 12.8 Å². The van der Waals surface area contributed by atoms with Crippen molar-refractivity contribution < 1.29 is 18.0 Å². The average molecular weight is 341 g/mol. The molecule has 1 aliphatic carbocycles. The first-order chi connectivity index (χ1) is 9.95. The van der Waals surface area contributed by atoms with Crippen LogP contribution in [0.1, 0.15) is 44.9 Å². The highest BCUT2D eigenvalue weighted by molar-refractivity contribution is 5.85. The van der Waals surface area contributed by atoms with Crippen LogP contribution in [0, 0.1) is 11.8 Å². The monoisotopic (exact) mass is 340 g/mol. The maximum Gasteiger partial charge on any atom is 0.392 e. The summed E-state index contributed by atoms with van der Waals surface area (Å²) in [7, 11) is 0. The summed E-state index contributed by atoms with van der Waals surface area (Å²) < 4.78 is 39.5. The van der Waals surface area contributed by atoms with Crippen LogP contribution in [0.5, 0.6) is 0 Å². The summed E-state index contributed by atoms with van der Waals surface area (Å²) in [6.07, 6.45) is 0.596.